The van der Waals surface area contributed by atoms with E-state index in [9.17, 15) is 4.79 Å². The van der Waals surface area contributed by atoms with Gasteiger partial charge in [0, 0.05) is 42.3 Å². The van der Waals surface area contributed by atoms with E-state index in [0.29, 0.717) is 19.7 Å². The van der Waals surface area contributed by atoms with Gasteiger partial charge in [-0.05, 0) is 56.7 Å². The number of hydrazine groups is 2. The van der Waals surface area contributed by atoms with E-state index in [1.54, 1.807) is 0 Å². The van der Waals surface area contributed by atoms with Crippen molar-refractivity contribution in [1.29, 1.82) is 0 Å². The summed E-state index contributed by atoms with van der Waals surface area (Å²) in [6.45, 7) is 8.98. The monoisotopic (exact) mass is 486 g/mol. The lowest BCUT2D eigenvalue weighted by molar-refractivity contribution is -0.112. The number of anilines is 1. The van der Waals surface area contributed by atoms with Crippen molar-refractivity contribution in [3.63, 3.8) is 0 Å². The number of aromatic amines is 1. The molecule has 0 radical (unpaired) electrons. The molecule has 1 saturated heterocycles. The highest BCUT2D eigenvalue weighted by Crippen LogP contribution is 2.28. The predicted molar refractivity (Wildman–Crippen MR) is 143 cm³/mol. The molecule has 3 heterocycles. The van der Waals surface area contributed by atoms with Gasteiger partial charge in [-0.1, -0.05) is 30.3 Å². The second kappa shape index (κ2) is 9.99. The zero-order valence-corrected chi connectivity index (χ0v) is 21.1. The Morgan fingerprint density at radius 1 is 1.11 bits per heavy atom. The molecule has 2 aliphatic rings. The quantitative estimate of drug-likeness (QED) is 0.437. The molecule has 1 unspecified atom stereocenters. The van der Waals surface area contributed by atoms with E-state index in [4.69, 9.17) is 4.74 Å². The number of rotatable bonds is 7. The van der Waals surface area contributed by atoms with Crippen LogP contribution in [0.1, 0.15) is 26.3 Å². The molecule has 2 aromatic carbocycles. The van der Waals surface area contributed by atoms with Gasteiger partial charge < -0.3 is 24.7 Å². The Bertz CT molecular complexity index is 1260. The summed E-state index contributed by atoms with van der Waals surface area (Å²) in [7, 11) is 0. The van der Waals surface area contributed by atoms with Gasteiger partial charge in [-0.3, -0.25) is 5.43 Å². The van der Waals surface area contributed by atoms with Gasteiger partial charge in [0.05, 0.1) is 11.9 Å². The number of allylic oxidation sites excluding steroid dienone is 1. The van der Waals surface area contributed by atoms with Crippen molar-refractivity contribution < 1.29 is 9.53 Å². The van der Waals surface area contributed by atoms with E-state index in [0.717, 1.165) is 46.6 Å². The van der Waals surface area contributed by atoms with Crippen LogP contribution in [0.15, 0.2) is 78.8 Å². The van der Waals surface area contributed by atoms with Crippen LogP contribution in [0.4, 0.5) is 5.82 Å². The molecule has 1 atom stereocenters. The number of nitrogens with one attached hydrogen (secondary N) is 3. The highest BCUT2D eigenvalue weighted by atomic mass is 16.5. The number of carbonyl (C=O) groups is 1. The molecule has 3 N–H and O–H groups in total. The molecule has 188 valence electrons. The summed E-state index contributed by atoms with van der Waals surface area (Å²) in [6.07, 6.45) is 6.98. The minimum atomic E-state index is -0.277. The van der Waals surface area contributed by atoms with Gasteiger partial charge in [0.25, 0.3) is 0 Å². The van der Waals surface area contributed by atoms with Crippen LogP contribution in [0.3, 0.4) is 0 Å². The maximum atomic E-state index is 12.1. The lowest BCUT2D eigenvalue weighted by Crippen LogP contribution is -2.60. The standard InChI is InChI=1S/C28H34N6O2/c1-28(2,3)31-23-11-12-29-34(17-23)32-13-14-33(24(18-32)19-35)27-16-22-15-25(9-10-26(22)30-27)36-20-21-7-5-4-6-8-21/h4-12,15-17,19,24,29-31H,13-14,18,20H2,1-3H3. The Hall–Kier alpha value is -3.91. The first-order valence-electron chi connectivity index (χ1n) is 12.4. The Labute approximate surface area is 212 Å². The molecule has 3 aromatic rings. The number of carbonyl (C=O) groups excluding carboxylic acids is 1. The summed E-state index contributed by atoms with van der Waals surface area (Å²) in [5.41, 5.74) is 6.40. The number of aldehydes is 1. The van der Waals surface area contributed by atoms with Gasteiger partial charge >= 0.3 is 0 Å². The fourth-order valence-electron chi connectivity index (χ4n) is 4.57. The van der Waals surface area contributed by atoms with Crippen molar-refractivity contribution in [2.75, 3.05) is 24.5 Å². The smallest absolute Gasteiger partial charge is 0.143 e. The number of fused-ring (bicyclic) bond motifs is 1. The SMILES string of the molecule is CC(C)(C)NC1=CN(N2CCN(c3cc4cc(OCc5ccccc5)ccc4[nH]3)C(C=O)C2)NC=C1. The number of aromatic nitrogens is 1. The Kier molecular flexibility index (Phi) is 6.61. The number of nitrogens with zero attached hydrogens (tertiary/aromatic N) is 3. The van der Waals surface area contributed by atoms with Crippen molar-refractivity contribution in [2.24, 2.45) is 0 Å². The fourth-order valence-corrected chi connectivity index (χ4v) is 4.57. The zero-order valence-electron chi connectivity index (χ0n) is 21.1. The second-order valence-electron chi connectivity index (χ2n) is 10.3. The van der Waals surface area contributed by atoms with E-state index < -0.39 is 0 Å². The number of hydrogen-bond donors (Lipinski definition) is 3. The van der Waals surface area contributed by atoms with Gasteiger partial charge in [-0.2, -0.15) is 5.01 Å². The van der Waals surface area contributed by atoms with Crippen LogP contribution in [-0.4, -0.2) is 52.6 Å². The molecular weight excluding hydrogens is 452 g/mol. The summed E-state index contributed by atoms with van der Waals surface area (Å²) >= 11 is 0. The van der Waals surface area contributed by atoms with Crippen molar-refractivity contribution in [3.05, 3.63) is 84.3 Å². The minimum absolute atomic E-state index is 0.0364. The number of hydrogen-bond acceptors (Lipinski definition) is 7. The molecule has 0 bridgehead atoms. The molecule has 5 rings (SSSR count). The number of ether oxygens (including phenoxy) is 1. The molecule has 0 spiro atoms. The van der Waals surface area contributed by atoms with Crippen LogP contribution in [0.2, 0.25) is 0 Å². The number of benzene rings is 2. The van der Waals surface area contributed by atoms with Gasteiger partial charge in [-0.25, -0.2) is 5.12 Å². The van der Waals surface area contributed by atoms with E-state index >= 15 is 0 Å². The fraction of sp³-hybridized carbons (Fsp3) is 0.321. The zero-order chi connectivity index (χ0) is 25.1. The third-order valence-electron chi connectivity index (χ3n) is 6.25. The van der Waals surface area contributed by atoms with E-state index in [2.05, 4.69) is 64.6 Å². The Morgan fingerprint density at radius 3 is 2.72 bits per heavy atom. The van der Waals surface area contributed by atoms with Crippen molar-refractivity contribution in [3.8, 4) is 5.75 Å². The third-order valence-corrected chi connectivity index (χ3v) is 6.25. The predicted octanol–water partition coefficient (Wildman–Crippen LogP) is 3.91. The molecule has 36 heavy (non-hydrogen) atoms. The van der Waals surface area contributed by atoms with Crippen LogP contribution in [0.5, 0.6) is 5.75 Å². The molecule has 8 nitrogen and oxygen atoms in total. The molecule has 1 fully saturated rings. The Morgan fingerprint density at radius 2 is 1.94 bits per heavy atom. The molecular formula is C28H34N6O2. The van der Waals surface area contributed by atoms with Crippen LogP contribution >= 0.6 is 0 Å². The molecule has 2 aliphatic heterocycles. The maximum Gasteiger partial charge on any atom is 0.143 e. The maximum absolute atomic E-state index is 12.1. The molecule has 1 aromatic heterocycles. The van der Waals surface area contributed by atoms with Crippen molar-refractivity contribution >= 4 is 23.0 Å². The lowest BCUT2D eigenvalue weighted by Gasteiger charge is -2.44. The molecule has 0 aliphatic carbocycles. The lowest BCUT2D eigenvalue weighted by atomic mass is 10.1. The molecule has 0 amide bonds. The van der Waals surface area contributed by atoms with E-state index in [1.807, 2.05) is 60.0 Å². The summed E-state index contributed by atoms with van der Waals surface area (Å²) in [6, 6.07) is 18.0. The van der Waals surface area contributed by atoms with Gasteiger partial charge in [0.2, 0.25) is 0 Å². The van der Waals surface area contributed by atoms with E-state index in [-0.39, 0.29) is 11.6 Å². The van der Waals surface area contributed by atoms with E-state index in [1.165, 1.54) is 0 Å². The average Bonchev–Trinajstić information content (AvgIpc) is 3.30. The van der Waals surface area contributed by atoms with Crippen molar-refractivity contribution in [1.82, 2.24) is 25.9 Å². The van der Waals surface area contributed by atoms with Crippen LogP contribution in [0.25, 0.3) is 10.9 Å². The van der Waals surface area contributed by atoms with Crippen molar-refractivity contribution in [2.45, 2.75) is 39.0 Å². The van der Waals surface area contributed by atoms with Gasteiger partial charge in [0.1, 0.15) is 30.5 Å². The first-order chi connectivity index (χ1) is 17.4. The summed E-state index contributed by atoms with van der Waals surface area (Å²) < 4.78 is 6.00. The summed E-state index contributed by atoms with van der Waals surface area (Å²) in [5, 5.41) is 8.67. The molecule has 0 saturated carbocycles. The van der Waals surface area contributed by atoms with Crippen LogP contribution < -0.4 is 20.4 Å². The van der Waals surface area contributed by atoms with Crippen LogP contribution in [0, 0.1) is 0 Å². The molecule has 8 heteroatoms. The largest absolute Gasteiger partial charge is 0.489 e. The number of H-pyrrole nitrogens is 1. The normalized spacial score (nSPS) is 18.6. The first-order valence-corrected chi connectivity index (χ1v) is 12.4. The third kappa shape index (κ3) is 5.49. The summed E-state index contributed by atoms with van der Waals surface area (Å²) in [5.74, 6) is 1.77. The average molecular weight is 487 g/mol. The topological polar surface area (TPSA) is 75.9 Å². The summed E-state index contributed by atoms with van der Waals surface area (Å²) in [4.78, 5) is 17.8. The number of piperazine rings is 1. The highest BCUT2D eigenvalue weighted by molar-refractivity contribution is 5.86. The minimum Gasteiger partial charge on any atom is -0.489 e. The van der Waals surface area contributed by atoms with Gasteiger partial charge in [0.15, 0.2) is 0 Å². The highest BCUT2D eigenvalue weighted by Gasteiger charge is 2.31. The Balaban J connectivity index is 1.26. The van der Waals surface area contributed by atoms with Gasteiger partial charge in [-0.15, -0.1) is 0 Å². The second-order valence-corrected chi connectivity index (χ2v) is 10.3. The van der Waals surface area contributed by atoms with Crippen LogP contribution in [-0.2, 0) is 11.4 Å². The first kappa shape index (κ1) is 23.8.